The Kier molecular flexibility index (Phi) is 6.80. The lowest BCUT2D eigenvalue weighted by atomic mass is 10.0. The van der Waals surface area contributed by atoms with Crippen LogP contribution in [-0.2, 0) is 11.2 Å². The van der Waals surface area contributed by atoms with E-state index < -0.39 is 0 Å². The molecule has 2 N–H and O–H groups in total. The molecule has 2 heterocycles. The van der Waals surface area contributed by atoms with Gasteiger partial charge in [-0.2, -0.15) is 0 Å². The van der Waals surface area contributed by atoms with Gasteiger partial charge in [0.1, 0.15) is 5.75 Å². The molecule has 2 aromatic carbocycles. The van der Waals surface area contributed by atoms with Crippen LogP contribution in [0.5, 0.6) is 5.75 Å². The van der Waals surface area contributed by atoms with Crippen molar-refractivity contribution in [1.82, 2.24) is 10.2 Å². The minimum atomic E-state index is 0.00146. The largest absolute Gasteiger partial charge is 0.508 e. The Morgan fingerprint density at radius 3 is 2.47 bits per heavy atom. The lowest BCUT2D eigenvalue weighted by molar-refractivity contribution is -0.125. The molecule has 2 unspecified atom stereocenters. The van der Waals surface area contributed by atoms with Crippen LogP contribution in [0.4, 0.5) is 5.69 Å². The molecule has 0 spiro atoms. The SMILES string of the molecule is O=C(NC(Cc1ccc(O)cc1)CN1CCCC1)C1CCN(c2ccc(Cl)cc2)C1. The zero-order valence-electron chi connectivity index (χ0n) is 17.3. The Morgan fingerprint density at radius 2 is 1.77 bits per heavy atom. The minimum absolute atomic E-state index is 0.00146. The fourth-order valence-electron chi connectivity index (χ4n) is 4.53. The Bertz CT molecular complexity index is 835. The molecule has 2 aliphatic rings. The highest BCUT2D eigenvalue weighted by Gasteiger charge is 2.30. The first-order valence-electron chi connectivity index (χ1n) is 10.9. The average Bonchev–Trinajstić information content (AvgIpc) is 3.42. The molecule has 0 radical (unpaired) electrons. The van der Waals surface area contributed by atoms with E-state index in [4.69, 9.17) is 11.6 Å². The van der Waals surface area contributed by atoms with Crippen molar-refractivity contribution in [2.45, 2.75) is 31.7 Å². The molecule has 0 aliphatic carbocycles. The van der Waals surface area contributed by atoms with Crippen LogP contribution in [0.3, 0.4) is 0 Å². The molecule has 2 aliphatic heterocycles. The van der Waals surface area contributed by atoms with Crippen molar-refractivity contribution in [3.63, 3.8) is 0 Å². The van der Waals surface area contributed by atoms with Crippen LogP contribution in [-0.4, -0.2) is 54.7 Å². The molecule has 1 amide bonds. The van der Waals surface area contributed by atoms with Crippen molar-refractivity contribution < 1.29 is 9.90 Å². The number of carbonyl (C=O) groups excluding carboxylic acids is 1. The fourth-order valence-corrected chi connectivity index (χ4v) is 4.66. The predicted octanol–water partition coefficient (Wildman–Crippen LogP) is 3.70. The zero-order chi connectivity index (χ0) is 20.9. The highest BCUT2D eigenvalue weighted by molar-refractivity contribution is 6.30. The van der Waals surface area contributed by atoms with E-state index in [1.165, 1.54) is 12.8 Å². The third kappa shape index (κ3) is 5.46. The third-order valence-electron chi connectivity index (χ3n) is 6.19. The number of phenolic OH excluding ortho intramolecular Hbond substituents is 1. The van der Waals surface area contributed by atoms with Gasteiger partial charge in [0.15, 0.2) is 0 Å². The first-order valence-corrected chi connectivity index (χ1v) is 11.3. The van der Waals surface area contributed by atoms with E-state index in [0.717, 1.165) is 61.8 Å². The van der Waals surface area contributed by atoms with E-state index in [-0.39, 0.29) is 23.6 Å². The van der Waals surface area contributed by atoms with Crippen molar-refractivity contribution in [3.05, 3.63) is 59.1 Å². The quantitative estimate of drug-likeness (QED) is 0.707. The molecule has 0 aromatic heterocycles. The summed E-state index contributed by atoms with van der Waals surface area (Å²) in [7, 11) is 0. The van der Waals surface area contributed by atoms with Crippen LogP contribution < -0.4 is 10.2 Å². The Morgan fingerprint density at radius 1 is 1.07 bits per heavy atom. The summed E-state index contributed by atoms with van der Waals surface area (Å²) in [5.74, 6) is 0.420. The fraction of sp³-hybridized carbons (Fsp3) is 0.458. The Hall–Kier alpha value is -2.24. The van der Waals surface area contributed by atoms with E-state index in [0.29, 0.717) is 0 Å². The van der Waals surface area contributed by atoms with Gasteiger partial charge in [0.2, 0.25) is 5.91 Å². The van der Waals surface area contributed by atoms with Crippen LogP contribution in [0.25, 0.3) is 0 Å². The van der Waals surface area contributed by atoms with E-state index >= 15 is 0 Å². The molecule has 0 saturated carbocycles. The molecule has 30 heavy (non-hydrogen) atoms. The monoisotopic (exact) mass is 427 g/mol. The number of benzene rings is 2. The van der Waals surface area contributed by atoms with Crippen molar-refractivity contribution in [1.29, 1.82) is 0 Å². The maximum Gasteiger partial charge on any atom is 0.225 e. The topological polar surface area (TPSA) is 55.8 Å². The van der Waals surface area contributed by atoms with Gasteiger partial charge in [-0.15, -0.1) is 0 Å². The van der Waals surface area contributed by atoms with E-state index in [1.54, 1.807) is 12.1 Å². The normalized spacial score (nSPS) is 20.4. The lowest BCUT2D eigenvalue weighted by Gasteiger charge is -2.26. The molecule has 5 nitrogen and oxygen atoms in total. The number of aromatic hydroxyl groups is 1. The zero-order valence-corrected chi connectivity index (χ0v) is 18.0. The van der Waals surface area contributed by atoms with Gasteiger partial charge in [0.05, 0.1) is 5.92 Å². The molecule has 6 heteroatoms. The molecule has 160 valence electrons. The summed E-state index contributed by atoms with van der Waals surface area (Å²) in [5, 5.41) is 13.6. The number of hydrogen-bond acceptors (Lipinski definition) is 4. The number of likely N-dealkylation sites (tertiary alicyclic amines) is 1. The first-order chi connectivity index (χ1) is 14.6. The van der Waals surface area contributed by atoms with Crippen LogP contribution in [0.15, 0.2) is 48.5 Å². The molecular weight excluding hydrogens is 398 g/mol. The van der Waals surface area contributed by atoms with E-state index in [1.807, 2.05) is 36.4 Å². The van der Waals surface area contributed by atoms with Crippen molar-refractivity contribution >= 4 is 23.2 Å². The van der Waals surface area contributed by atoms with E-state index in [9.17, 15) is 9.90 Å². The standard InChI is InChI=1S/C24H30ClN3O2/c25-20-5-7-22(8-6-20)28-14-11-19(16-28)24(30)26-21(17-27-12-1-2-13-27)15-18-3-9-23(29)10-4-18/h3-10,19,21,29H,1-2,11-17H2,(H,26,30). The maximum absolute atomic E-state index is 13.1. The van der Waals surface area contributed by atoms with Gasteiger partial charge in [-0.25, -0.2) is 0 Å². The number of nitrogens with one attached hydrogen (secondary N) is 1. The molecular formula is C24H30ClN3O2. The molecule has 2 fully saturated rings. The van der Waals surface area contributed by atoms with E-state index in [2.05, 4.69) is 15.1 Å². The van der Waals surface area contributed by atoms with Crippen LogP contribution >= 0.6 is 11.6 Å². The summed E-state index contributed by atoms with van der Waals surface area (Å²) in [5.41, 5.74) is 2.25. The highest BCUT2D eigenvalue weighted by Crippen LogP contribution is 2.25. The number of halogens is 1. The van der Waals surface area contributed by atoms with Gasteiger partial charge in [-0.1, -0.05) is 23.7 Å². The second kappa shape index (κ2) is 9.71. The van der Waals surface area contributed by atoms with Crippen LogP contribution in [0, 0.1) is 5.92 Å². The predicted molar refractivity (Wildman–Crippen MR) is 121 cm³/mol. The summed E-state index contributed by atoms with van der Waals surface area (Å²) in [6, 6.07) is 15.2. The molecule has 2 atom stereocenters. The summed E-state index contributed by atoms with van der Waals surface area (Å²) >= 11 is 6.00. The van der Waals surface area contributed by atoms with Gasteiger partial charge in [-0.3, -0.25) is 4.79 Å². The number of anilines is 1. The van der Waals surface area contributed by atoms with Crippen molar-refractivity contribution in [3.8, 4) is 5.75 Å². The number of amides is 1. The van der Waals surface area contributed by atoms with Gasteiger partial charge in [0.25, 0.3) is 0 Å². The number of carbonyl (C=O) groups is 1. The number of hydrogen-bond donors (Lipinski definition) is 2. The summed E-state index contributed by atoms with van der Waals surface area (Å²) in [6.45, 7) is 4.71. The smallest absolute Gasteiger partial charge is 0.225 e. The number of nitrogens with zero attached hydrogens (tertiary/aromatic N) is 2. The first kappa shape index (κ1) is 21.0. The highest BCUT2D eigenvalue weighted by atomic mass is 35.5. The number of phenols is 1. The van der Waals surface area contributed by atoms with Crippen LogP contribution in [0.1, 0.15) is 24.8 Å². The van der Waals surface area contributed by atoms with Gasteiger partial charge in [0, 0.05) is 36.4 Å². The Balaban J connectivity index is 1.37. The summed E-state index contributed by atoms with van der Waals surface area (Å²) < 4.78 is 0. The number of rotatable bonds is 7. The second-order valence-corrected chi connectivity index (χ2v) is 8.93. The maximum atomic E-state index is 13.1. The minimum Gasteiger partial charge on any atom is -0.508 e. The van der Waals surface area contributed by atoms with Crippen LogP contribution in [0.2, 0.25) is 5.02 Å². The molecule has 0 bridgehead atoms. The lowest BCUT2D eigenvalue weighted by Crippen LogP contribution is -2.46. The third-order valence-corrected chi connectivity index (χ3v) is 6.44. The van der Waals surface area contributed by atoms with Gasteiger partial charge in [-0.05, 0) is 80.7 Å². The van der Waals surface area contributed by atoms with Gasteiger partial charge >= 0.3 is 0 Å². The molecule has 2 saturated heterocycles. The summed E-state index contributed by atoms with van der Waals surface area (Å²) in [6.07, 6.45) is 4.11. The van der Waals surface area contributed by atoms with Gasteiger partial charge < -0.3 is 20.2 Å². The molecule has 2 aromatic rings. The Labute approximate surface area is 183 Å². The average molecular weight is 428 g/mol. The second-order valence-electron chi connectivity index (χ2n) is 8.49. The van der Waals surface area contributed by atoms with Crippen molar-refractivity contribution in [2.75, 3.05) is 37.6 Å². The van der Waals surface area contributed by atoms with Crippen molar-refractivity contribution in [2.24, 2.45) is 5.92 Å². The summed E-state index contributed by atoms with van der Waals surface area (Å²) in [4.78, 5) is 17.8. The molecule has 4 rings (SSSR count).